The van der Waals surface area contributed by atoms with Gasteiger partial charge in [0.2, 0.25) is 6.73 Å². The number of quaternary nitrogens is 1. The van der Waals surface area contributed by atoms with Crippen molar-refractivity contribution in [1.82, 2.24) is 0 Å². The Hall–Kier alpha value is -1.58. The molecular weight excluding hydrogens is 274 g/mol. The maximum Gasteiger partial charge on any atom is 0.337 e. The minimum atomic E-state index is -0.359. The predicted molar refractivity (Wildman–Crippen MR) is 77.3 cm³/mol. The number of esters is 1. The largest absolute Gasteiger partial charge is 1.00 e. The van der Waals surface area contributed by atoms with Gasteiger partial charge in [0.1, 0.15) is 6.04 Å². The average molecular weight is 296 g/mol. The van der Waals surface area contributed by atoms with Crippen LogP contribution < -0.4 is 12.4 Å². The van der Waals surface area contributed by atoms with Gasteiger partial charge in [-0.15, -0.1) is 0 Å². The molecule has 1 atom stereocenters. The predicted octanol–water partition coefficient (Wildman–Crippen LogP) is 0.0709. The van der Waals surface area contributed by atoms with Crippen molar-refractivity contribution in [3.63, 3.8) is 0 Å². The molecular formula is C16H22ClNO2. The Morgan fingerprint density at radius 2 is 1.90 bits per heavy atom. The lowest BCUT2D eigenvalue weighted by Crippen LogP contribution is -3.00. The molecule has 0 heterocycles. The van der Waals surface area contributed by atoms with E-state index >= 15 is 0 Å². The van der Waals surface area contributed by atoms with Gasteiger partial charge in [0.15, 0.2) is 0 Å². The fraction of sp³-hybridized carbons (Fsp3) is 0.312. The highest BCUT2D eigenvalue weighted by Gasteiger charge is 2.28. The Labute approximate surface area is 127 Å². The van der Waals surface area contributed by atoms with Crippen LogP contribution in [-0.2, 0) is 9.53 Å². The Morgan fingerprint density at radius 3 is 2.35 bits per heavy atom. The Bertz CT molecular complexity index is 469. The van der Waals surface area contributed by atoms with Crippen LogP contribution in [0.1, 0.15) is 18.5 Å². The lowest BCUT2D eigenvalue weighted by Gasteiger charge is -2.35. The van der Waals surface area contributed by atoms with Crippen molar-refractivity contribution in [1.29, 1.82) is 0 Å². The zero-order valence-corrected chi connectivity index (χ0v) is 13.1. The molecule has 0 bridgehead atoms. The van der Waals surface area contributed by atoms with Crippen molar-refractivity contribution in [2.45, 2.75) is 13.0 Å². The summed E-state index contributed by atoms with van der Waals surface area (Å²) in [6.07, 6.45) is 1.88. The number of benzene rings is 1. The molecule has 3 nitrogen and oxygen atoms in total. The molecule has 110 valence electrons. The summed E-state index contributed by atoms with van der Waals surface area (Å²) in [5.41, 5.74) is 1.56. The lowest BCUT2D eigenvalue weighted by atomic mass is 10.0. The average Bonchev–Trinajstić information content (AvgIpc) is 2.37. The SMILES string of the molecule is C=CC(c1ccccc1)[N+](C)(C)COC(=O)C(=C)C.[Cl-]. The van der Waals surface area contributed by atoms with E-state index in [1.807, 2.05) is 50.5 Å². The maximum absolute atomic E-state index is 11.5. The molecule has 0 saturated heterocycles. The van der Waals surface area contributed by atoms with E-state index < -0.39 is 0 Å². The molecule has 0 aliphatic rings. The molecule has 0 aromatic heterocycles. The molecule has 0 amide bonds. The maximum atomic E-state index is 11.5. The number of carbonyl (C=O) groups is 1. The molecule has 0 radical (unpaired) electrons. The second-order valence-electron chi connectivity index (χ2n) is 5.21. The number of carbonyl (C=O) groups excluding carboxylic acids is 1. The third-order valence-corrected chi connectivity index (χ3v) is 2.99. The summed E-state index contributed by atoms with van der Waals surface area (Å²) < 4.78 is 5.75. The standard InChI is InChI=1S/C16H22NO2.ClH/c1-6-15(14-10-8-7-9-11-14)17(4,5)12-19-16(18)13(2)3;/h6-11,15H,1-2,12H2,3-5H3;1H/q+1;/p-1. The summed E-state index contributed by atoms with van der Waals surface area (Å²) in [7, 11) is 4.01. The first-order chi connectivity index (χ1) is 8.88. The number of rotatable bonds is 6. The van der Waals surface area contributed by atoms with E-state index in [1.165, 1.54) is 0 Å². The van der Waals surface area contributed by atoms with Gasteiger partial charge in [0, 0.05) is 11.1 Å². The molecule has 0 aliphatic carbocycles. The van der Waals surface area contributed by atoms with Crippen molar-refractivity contribution >= 4 is 5.97 Å². The van der Waals surface area contributed by atoms with Crippen LogP contribution in [0.2, 0.25) is 0 Å². The third-order valence-electron chi connectivity index (χ3n) is 2.99. The van der Waals surface area contributed by atoms with Gasteiger partial charge in [-0.3, -0.25) is 4.48 Å². The summed E-state index contributed by atoms with van der Waals surface area (Å²) in [6.45, 7) is 9.39. The Kier molecular flexibility index (Phi) is 7.25. The van der Waals surface area contributed by atoms with Crippen LogP contribution in [0.3, 0.4) is 0 Å². The van der Waals surface area contributed by atoms with Gasteiger partial charge in [-0.2, -0.15) is 0 Å². The number of hydrogen-bond acceptors (Lipinski definition) is 2. The summed E-state index contributed by atoms with van der Waals surface area (Å²) >= 11 is 0. The van der Waals surface area contributed by atoms with Crippen molar-refractivity contribution in [3.05, 3.63) is 60.7 Å². The van der Waals surface area contributed by atoms with E-state index in [2.05, 4.69) is 13.2 Å². The van der Waals surface area contributed by atoms with E-state index in [9.17, 15) is 4.79 Å². The molecule has 4 heteroatoms. The van der Waals surface area contributed by atoms with Crippen LogP contribution in [0.15, 0.2) is 55.1 Å². The summed E-state index contributed by atoms with van der Waals surface area (Å²) in [4.78, 5) is 11.5. The van der Waals surface area contributed by atoms with E-state index in [1.54, 1.807) is 6.92 Å². The smallest absolute Gasteiger partial charge is 0.337 e. The highest BCUT2D eigenvalue weighted by Crippen LogP contribution is 2.25. The molecule has 1 rings (SSSR count). The van der Waals surface area contributed by atoms with Gasteiger partial charge in [0.25, 0.3) is 0 Å². The van der Waals surface area contributed by atoms with Gasteiger partial charge in [0.05, 0.1) is 14.1 Å². The molecule has 0 N–H and O–H groups in total. The lowest BCUT2D eigenvalue weighted by molar-refractivity contribution is -0.930. The number of nitrogens with zero attached hydrogens (tertiary/aromatic N) is 1. The molecule has 0 aliphatic heterocycles. The van der Waals surface area contributed by atoms with Crippen LogP contribution in [0.25, 0.3) is 0 Å². The second kappa shape index (κ2) is 7.88. The molecule has 0 fully saturated rings. The summed E-state index contributed by atoms with van der Waals surface area (Å²) in [5, 5.41) is 0. The molecule has 1 aromatic carbocycles. The first-order valence-corrected chi connectivity index (χ1v) is 6.21. The van der Waals surface area contributed by atoms with E-state index in [0.717, 1.165) is 5.56 Å². The molecule has 1 aromatic rings. The zero-order chi connectivity index (χ0) is 14.5. The quantitative estimate of drug-likeness (QED) is 0.244. The van der Waals surface area contributed by atoms with Crippen molar-refractivity contribution in [3.8, 4) is 0 Å². The van der Waals surface area contributed by atoms with E-state index in [0.29, 0.717) is 10.1 Å². The summed E-state index contributed by atoms with van der Waals surface area (Å²) in [5.74, 6) is -0.359. The number of hydrogen-bond donors (Lipinski definition) is 0. The van der Waals surface area contributed by atoms with Crippen molar-refractivity contribution in [2.75, 3.05) is 20.8 Å². The molecule has 20 heavy (non-hydrogen) atoms. The molecule has 0 spiro atoms. The van der Waals surface area contributed by atoms with Crippen LogP contribution in [0.5, 0.6) is 0 Å². The zero-order valence-electron chi connectivity index (χ0n) is 12.3. The topological polar surface area (TPSA) is 26.3 Å². The fourth-order valence-corrected chi connectivity index (χ4v) is 1.90. The minimum absolute atomic E-state index is 0. The van der Waals surface area contributed by atoms with Crippen LogP contribution in [0, 0.1) is 0 Å². The third kappa shape index (κ3) is 4.83. The monoisotopic (exact) mass is 295 g/mol. The summed E-state index contributed by atoms with van der Waals surface area (Å²) in [6, 6.07) is 10.1. The normalized spacial score (nSPS) is 11.9. The first kappa shape index (κ1) is 18.4. The molecule has 1 unspecified atom stereocenters. The van der Waals surface area contributed by atoms with E-state index in [-0.39, 0.29) is 31.1 Å². The second-order valence-corrected chi connectivity index (χ2v) is 5.21. The number of likely N-dealkylation sites (N-methyl/N-ethyl adjacent to an activating group) is 1. The molecule has 0 saturated carbocycles. The highest BCUT2D eigenvalue weighted by molar-refractivity contribution is 5.86. The van der Waals surface area contributed by atoms with Crippen LogP contribution in [-0.4, -0.2) is 31.3 Å². The fourth-order valence-electron chi connectivity index (χ4n) is 1.90. The van der Waals surface area contributed by atoms with Crippen LogP contribution in [0.4, 0.5) is 0 Å². The van der Waals surface area contributed by atoms with Crippen molar-refractivity contribution < 1.29 is 26.4 Å². The van der Waals surface area contributed by atoms with Gasteiger partial charge in [-0.1, -0.05) is 43.5 Å². The number of halogens is 1. The Morgan fingerprint density at radius 1 is 1.35 bits per heavy atom. The minimum Gasteiger partial charge on any atom is -1.00 e. The van der Waals surface area contributed by atoms with Gasteiger partial charge < -0.3 is 17.1 Å². The van der Waals surface area contributed by atoms with Gasteiger partial charge in [-0.05, 0) is 13.0 Å². The van der Waals surface area contributed by atoms with E-state index in [4.69, 9.17) is 4.74 Å². The highest BCUT2D eigenvalue weighted by atomic mass is 35.5. The number of ether oxygens (including phenoxy) is 1. The first-order valence-electron chi connectivity index (χ1n) is 6.21. The van der Waals surface area contributed by atoms with Gasteiger partial charge in [-0.25, -0.2) is 4.79 Å². The van der Waals surface area contributed by atoms with Crippen molar-refractivity contribution in [2.24, 2.45) is 0 Å². The van der Waals surface area contributed by atoms with Gasteiger partial charge >= 0.3 is 5.97 Å². The van der Waals surface area contributed by atoms with Crippen LogP contribution >= 0.6 is 0 Å². The Balaban J connectivity index is 0.00000361.